The Balaban J connectivity index is 1.87. The summed E-state index contributed by atoms with van der Waals surface area (Å²) in [4.78, 5) is 16.3. The summed E-state index contributed by atoms with van der Waals surface area (Å²) >= 11 is 0. The first kappa shape index (κ1) is 13.4. The van der Waals surface area contributed by atoms with Gasteiger partial charge in [-0.05, 0) is 26.2 Å². The maximum Gasteiger partial charge on any atom is 0.224 e. The average molecular weight is 249 g/mol. The molecule has 2 aliphatic heterocycles. The van der Waals surface area contributed by atoms with Crippen molar-refractivity contribution >= 4 is 5.91 Å². The SMILES string of the molecule is CCC(C)N1CCC(N2CC(C#N)CC2=O)CC1. The third-order valence-electron chi connectivity index (χ3n) is 4.50. The van der Waals surface area contributed by atoms with Crippen LogP contribution in [0, 0.1) is 17.2 Å². The van der Waals surface area contributed by atoms with Crippen molar-refractivity contribution < 1.29 is 4.79 Å². The highest BCUT2D eigenvalue weighted by atomic mass is 16.2. The molecular formula is C14H23N3O. The van der Waals surface area contributed by atoms with E-state index in [1.165, 1.54) is 6.42 Å². The molecule has 0 aromatic carbocycles. The van der Waals surface area contributed by atoms with Crippen LogP contribution in [0.5, 0.6) is 0 Å². The van der Waals surface area contributed by atoms with Crippen LogP contribution in [0.25, 0.3) is 0 Å². The second-order valence-corrected chi connectivity index (χ2v) is 5.60. The lowest BCUT2D eigenvalue weighted by molar-refractivity contribution is -0.130. The zero-order valence-electron chi connectivity index (χ0n) is 11.4. The van der Waals surface area contributed by atoms with Gasteiger partial charge in [0.2, 0.25) is 5.91 Å². The number of carbonyl (C=O) groups is 1. The van der Waals surface area contributed by atoms with E-state index in [1.807, 2.05) is 4.90 Å². The van der Waals surface area contributed by atoms with Gasteiger partial charge in [0.15, 0.2) is 0 Å². The first-order chi connectivity index (χ1) is 8.65. The molecule has 2 unspecified atom stereocenters. The fourth-order valence-corrected chi connectivity index (χ4v) is 3.07. The van der Waals surface area contributed by atoms with Crippen LogP contribution in [0.3, 0.4) is 0 Å². The molecule has 18 heavy (non-hydrogen) atoms. The fourth-order valence-electron chi connectivity index (χ4n) is 3.07. The molecule has 4 heteroatoms. The Hall–Kier alpha value is -1.08. The largest absolute Gasteiger partial charge is 0.338 e. The number of rotatable bonds is 3. The van der Waals surface area contributed by atoms with Crippen LogP contribution in [-0.2, 0) is 4.79 Å². The van der Waals surface area contributed by atoms with E-state index in [4.69, 9.17) is 5.26 Å². The minimum atomic E-state index is -0.0786. The number of piperidine rings is 1. The van der Waals surface area contributed by atoms with Crippen molar-refractivity contribution in [2.45, 2.75) is 51.6 Å². The quantitative estimate of drug-likeness (QED) is 0.763. The molecule has 0 saturated carbocycles. The van der Waals surface area contributed by atoms with Gasteiger partial charge in [0, 0.05) is 38.1 Å². The summed E-state index contributed by atoms with van der Waals surface area (Å²) in [5, 5.41) is 8.91. The number of hydrogen-bond donors (Lipinski definition) is 0. The van der Waals surface area contributed by atoms with E-state index in [0.29, 0.717) is 25.0 Å². The number of nitriles is 1. The van der Waals surface area contributed by atoms with Gasteiger partial charge < -0.3 is 9.80 Å². The monoisotopic (exact) mass is 249 g/mol. The second-order valence-electron chi connectivity index (χ2n) is 5.60. The minimum absolute atomic E-state index is 0.0786. The van der Waals surface area contributed by atoms with Crippen LogP contribution in [0.15, 0.2) is 0 Å². The number of hydrogen-bond acceptors (Lipinski definition) is 3. The van der Waals surface area contributed by atoms with Crippen molar-refractivity contribution in [2.24, 2.45) is 5.92 Å². The lowest BCUT2D eigenvalue weighted by Gasteiger charge is -2.39. The predicted molar refractivity (Wildman–Crippen MR) is 69.8 cm³/mol. The topological polar surface area (TPSA) is 47.3 Å². The van der Waals surface area contributed by atoms with Gasteiger partial charge in [0.1, 0.15) is 0 Å². The average Bonchev–Trinajstić information content (AvgIpc) is 2.79. The van der Waals surface area contributed by atoms with Gasteiger partial charge in [-0.3, -0.25) is 4.79 Å². The Morgan fingerprint density at radius 1 is 1.44 bits per heavy atom. The van der Waals surface area contributed by atoms with Gasteiger partial charge in [-0.1, -0.05) is 6.92 Å². The third-order valence-corrected chi connectivity index (χ3v) is 4.50. The molecule has 1 amide bonds. The fraction of sp³-hybridized carbons (Fsp3) is 0.857. The minimum Gasteiger partial charge on any atom is -0.338 e. The molecule has 0 aromatic heterocycles. The standard InChI is InChI=1S/C14H23N3O/c1-3-11(2)16-6-4-13(5-7-16)17-10-12(9-15)8-14(17)18/h11-13H,3-8,10H2,1-2H3. The molecule has 0 aliphatic carbocycles. The number of amides is 1. The summed E-state index contributed by atoms with van der Waals surface area (Å²) in [6.07, 6.45) is 3.74. The molecule has 2 atom stereocenters. The van der Waals surface area contributed by atoms with Gasteiger partial charge in [0.05, 0.1) is 12.0 Å². The van der Waals surface area contributed by atoms with E-state index < -0.39 is 0 Å². The third kappa shape index (κ3) is 2.67. The van der Waals surface area contributed by atoms with Crippen LogP contribution in [0.2, 0.25) is 0 Å². The van der Waals surface area contributed by atoms with Crippen LogP contribution in [0.4, 0.5) is 0 Å². The molecule has 0 radical (unpaired) electrons. The van der Waals surface area contributed by atoms with Crippen molar-refractivity contribution in [3.05, 3.63) is 0 Å². The second kappa shape index (κ2) is 5.71. The van der Waals surface area contributed by atoms with Crippen molar-refractivity contribution in [3.8, 4) is 6.07 Å². The highest BCUT2D eigenvalue weighted by Crippen LogP contribution is 2.26. The normalized spacial score (nSPS) is 28.4. The summed E-state index contributed by atoms with van der Waals surface area (Å²) in [6.45, 7) is 7.32. The smallest absolute Gasteiger partial charge is 0.224 e. The van der Waals surface area contributed by atoms with Crippen molar-refractivity contribution in [1.29, 1.82) is 5.26 Å². The molecule has 0 aromatic rings. The molecule has 0 spiro atoms. The maximum atomic E-state index is 11.9. The summed E-state index contributed by atoms with van der Waals surface area (Å²) in [5.74, 6) is 0.105. The molecule has 2 heterocycles. The van der Waals surface area contributed by atoms with Gasteiger partial charge >= 0.3 is 0 Å². The Kier molecular flexibility index (Phi) is 4.23. The van der Waals surface area contributed by atoms with E-state index >= 15 is 0 Å². The van der Waals surface area contributed by atoms with E-state index in [0.717, 1.165) is 25.9 Å². The molecular weight excluding hydrogens is 226 g/mol. The molecule has 2 saturated heterocycles. The summed E-state index contributed by atoms with van der Waals surface area (Å²) < 4.78 is 0. The van der Waals surface area contributed by atoms with Gasteiger partial charge in [-0.2, -0.15) is 5.26 Å². The van der Waals surface area contributed by atoms with E-state index in [2.05, 4.69) is 24.8 Å². The maximum absolute atomic E-state index is 11.9. The van der Waals surface area contributed by atoms with Crippen LogP contribution < -0.4 is 0 Å². The first-order valence-corrected chi connectivity index (χ1v) is 7.08. The van der Waals surface area contributed by atoms with Crippen LogP contribution in [-0.4, -0.2) is 47.4 Å². The van der Waals surface area contributed by atoms with Gasteiger partial charge in [0.25, 0.3) is 0 Å². The van der Waals surface area contributed by atoms with Crippen molar-refractivity contribution in [3.63, 3.8) is 0 Å². The van der Waals surface area contributed by atoms with Crippen LogP contribution in [0.1, 0.15) is 39.5 Å². The molecule has 0 bridgehead atoms. The number of likely N-dealkylation sites (tertiary alicyclic amines) is 2. The zero-order valence-corrected chi connectivity index (χ0v) is 11.4. The van der Waals surface area contributed by atoms with E-state index in [9.17, 15) is 4.79 Å². The van der Waals surface area contributed by atoms with E-state index in [1.54, 1.807) is 0 Å². The predicted octanol–water partition coefficient (Wildman–Crippen LogP) is 1.62. The van der Waals surface area contributed by atoms with Crippen LogP contribution >= 0.6 is 0 Å². The van der Waals surface area contributed by atoms with Gasteiger partial charge in [-0.15, -0.1) is 0 Å². The molecule has 100 valence electrons. The molecule has 2 aliphatic rings. The summed E-state index contributed by atoms with van der Waals surface area (Å²) in [7, 11) is 0. The van der Waals surface area contributed by atoms with E-state index in [-0.39, 0.29) is 11.8 Å². The van der Waals surface area contributed by atoms with Crippen molar-refractivity contribution in [2.75, 3.05) is 19.6 Å². The van der Waals surface area contributed by atoms with Gasteiger partial charge in [-0.25, -0.2) is 0 Å². The molecule has 4 nitrogen and oxygen atoms in total. The Morgan fingerprint density at radius 3 is 2.61 bits per heavy atom. The highest BCUT2D eigenvalue weighted by Gasteiger charge is 2.36. The molecule has 2 rings (SSSR count). The number of nitrogens with zero attached hydrogens (tertiary/aromatic N) is 3. The van der Waals surface area contributed by atoms with Crippen molar-refractivity contribution in [1.82, 2.24) is 9.80 Å². The Morgan fingerprint density at radius 2 is 2.11 bits per heavy atom. The molecule has 2 fully saturated rings. The molecule has 0 N–H and O–H groups in total. The number of carbonyl (C=O) groups excluding carboxylic acids is 1. The summed E-state index contributed by atoms with van der Waals surface area (Å²) in [5.41, 5.74) is 0. The lowest BCUT2D eigenvalue weighted by atomic mass is 10.0. The highest BCUT2D eigenvalue weighted by molar-refractivity contribution is 5.79. The lowest BCUT2D eigenvalue weighted by Crippen LogP contribution is -2.47. The Labute approximate surface area is 110 Å². The first-order valence-electron chi connectivity index (χ1n) is 7.08. The summed E-state index contributed by atoms with van der Waals surface area (Å²) in [6, 6.07) is 3.24. The zero-order chi connectivity index (χ0) is 13.1. The Bertz CT molecular complexity index is 341.